The number of ketones is 1. The van der Waals surface area contributed by atoms with Crippen molar-refractivity contribution in [1.29, 1.82) is 0 Å². The van der Waals surface area contributed by atoms with Crippen LogP contribution in [0.15, 0.2) is 0 Å². The lowest BCUT2D eigenvalue weighted by Crippen LogP contribution is -2.54. The van der Waals surface area contributed by atoms with E-state index in [4.69, 9.17) is 9.84 Å². The average Bonchev–Trinajstić information content (AvgIpc) is 2.25. The monoisotopic (exact) mass is 283 g/mol. The fourth-order valence-corrected chi connectivity index (χ4v) is 2.96. The van der Waals surface area contributed by atoms with Gasteiger partial charge in [0.25, 0.3) is 0 Å². The van der Waals surface area contributed by atoms with Crippen LogP contribution in [0.1, 0.15) is 33.6 Å². The van der Waals surface area contributed by atoms with Crippen LogP contribution in [0, 0.1) is 17.8 Å². The molecule has 6 nitrogen and oxygen atoms in total. The summed E-state index contributed by atoms with van der Waals surface area (Å²) in [5.74, 6) is -1.95. The third-order valence-corrected chi connectivity index (χ3v) is 3.83. The van der Waals surface area contributed by atoms with E-state index in [1.54, 1.807) is 25.7 Å². The Morgan fingerprint density at radius 2 is 1.70 bits per heavy atom. The maximum Gasteiger partial charge on any atom is 0.410 e. The summed E-state index contributed by atoms with van der Waals surface area (Å²) in [7, 11) is 0. The topological polar surface area (TPSA) is 83.9 Å². The Hall–Kier alpha value is -1.59. The van der Waals surface area contributed by atoms with Gasteiger partial charge in [-0.15, -0.1) is 0 Å². The highest BCUT2D eigenvalue weighted by molar-refractivity contribution is 5.88. The molecule has 2 rings (SSSR count). The molecule has 1 saturated heterocycles. The molecule has 0 radical (unpaired) electrons. The van der Waals surface area contributed by atoms with E-state index in [1.807, 2.05) is 0 Å². The predicted molar refractivity (Wildman–Crippen MR) is 70.2 cm³/mol. The molecule has 1 saturated carbocycles. The van der Waals surface area contributed by atoms with Crippen molar-refractivity contribution in [1.82, 2.24) is 4.90 Å². The first-order valence-electron chi connectivity index (χ1n) is 6.92. The summed E-state index contributed by atoms with van der Waals surface area (Å²) in [5, 5.41) is 9.09. The number of nitrogens with zero attached hydrogens (tertiary/aromatic N) is 1. The van der Waals surface area contributed by atoms with Crippen molar-refractivity contribution in [2.45, 2.75) is 39.2 Å². The summed E-state index contributed by atoms with van der Waals surface area (Å²) in [6, 6.07) is 0. The second-order valence-corrected chi connectivity index (χ2v) is 6.69. The number of hydrogen-bond acceptors (Lipinski definition) is 4. The molecular weight excluding hydrogens is 262 g/mol. The molecule has 1 amide bonds. The van der Waals surface area contributed by atoms with E-state index >= 15 is 0 Å². The van der Waals surface area contributed by atoms with Crippen molar-refractivity contribution in [3.05, 3.63) is 0 Å². The van der Waals surface area contributed by atoms with Gasteiger partial charge in [-0.2, -0.15) is 0 Å². The fraction of sp³-hybridized carbons (Fsp3) is 0.786. The van der Waals surface area contributed by atoms with Crippen LogP contribution >= 0.6 is 0 Å². The smallest absolute Gasteiger partial charge is 0.410 e. The van der Waals surface area contributed by atoms with Crippen molar-refractivity contribution < 1.29 is 24.2 Å². The number of carboxylic acids is 1. The Morgan fingerprint density at radius 3 is 2.10 bits per heavy atom. The van der Waals surface area contributed by atoms with E-state index in [9.17, 15) is 14.4 Å². The summed E-state index contributed by atoms with van der Waals surface area (Å²) in [5.41, 5.74) is -0.572. The first kappa shape index (κ1) is 14.8. The van der Waals surface area contributed by atoms with E-state index in [0.717, 1.165) is 0 Å². The van der Waals surface area contributed by atoms with E-state index in [0.29, 0.717) is 12.8 Å². The van der Waals surface area contributed by atoms with Crippen molar-refractivity contribution in [3.8, 4) is 0 Å². The normalized spacial score (nSPS) is 30.1. The lowest BCUT2D eigenvalue weighted by molar-refractivity contribution is -0.148. The number of likely N-dealkylation sites (tertiary alicyclic amines) is 1. The number of Topliss-reactive ketones (excluding diaryl/α,β-unsaturated/α-hetero) is 1. The van der Waals surface area contributed by atoms with Crippen LogP contribution in [-0.2, 0) is 14.3 Å². The zero-order chi connectivity index (χ0) is 15.1. The van der Waals surface area contributed by atoms with Crippen molar-refractivity contribution in [2.75, 3.05) is 13.1 Å². The largest absolute Gasteiger partial charge is 0.481 e. The first-order valence-corrected chi connectivity index (χ1v) is 6.92. The van der Waals surface area contributed by atoms with Gasteiger partial charge in [-0.25, -0.2) is 4.79 Å². The van der Waals surface area contributed by atoms with Gasteiger partial charge in [-0.3, -0.25) is 9.59 Å². The molecule has 0 aromatic carbocycles. The molecule has 6 heteroatoms. The fourth-order valence-electron chi connectivity index (χ4n) is 2.96. The highest BCUT2D eigenvalue weighted by Gasteiger charge is 2.45. The summed E-state index contributed by atoms with van der Waals surface area (Å²) in [4.78, 5) is 36.7. The molecule has 1 aliphatic carbocycles. The number of hydrogen-bond donors (Lipinski definition) is 1. The van der Waals surface area contributed by atoms with Gasteiger partial charge >= 0.3 is 12.1 Å². The molecule has 112 valence electrons. The van der Waals surface area contributed by atoms with Gasteiger partial charge in [0.1, 0.15) is 11.4 Å². The molecule has 1 aliphatic heterocycles. The van der Waals surface area contributed by atoms with Crippen molar-refractivity contribution >= 4 is 17.8 Å². The van der Waals surface area contributed by atoms with Crippen LogP contribution < -0.4 is 0 Å². The molecule has 1 unspecified atom stereocenters. The quantitative estimate of drug-likeness (QED) is 0.789. The maximum absolute atomic E-state index is 12.1. The lowest BCUT2D eigenvalue weighted by atomic mass is 9.71. The van der Waals surface area contributed by atoms with Crippen LogP contribution in [0.25, 0.3) is 0 Å². The van der Waals surface area contributed by atoms with E-state index < -0.39 is 23.6 Å². The molecule has 0 aromatic heterocycles. The average molecular weight is 283 g/mol. The summed E-state index contributed by atoms with van der Waals surface area (Å²) in [6.45, 7) is 5.92. The molecule has 1 heterocycles. The molecule has 2 bridgehead atoms. The molecule has 2 aliphatic rings. The third kappa shape index (κ3) is 3.11. The van der Waals surface area contributed by atoms with Crippen LogP contribution in [0.4, 0.5) is 4.79 Å². The van der Waals surface area contributed by atoms with Gasteiger partial charge in [-0.1, -0.05) is 0 Å². The minimum atomic E-state index is -0.849. The van der Waals surface area contributed by atoms with Crippen LogP contribution in [-0.4, -0.2) is 46.5 Å². The second-order valence-electron chi connectivity index (χ2n) is 6.69. The third-order valence-electron chi connectivity index (χ3n) is 3.83. The second kappa shape index (κ2) is 5.07. The molecule has 0 aromatic rings. The lowest BCUT2D eigenvalue weighted by Gasteiger charge is -2.42. The minimum absolute atomic E-state index is 0.0994. The highest BCUT2D eigenvalue weighted by atomic mass is 16.6. The number of piperidine rings is 1. The van der Waals surface area contributed by atoms with Crippen molar-refractivity contribution in [2.24, 2.45) is 17.8 Å². The van der Waals surface area contributed by atoms with Gasteiger partial charge in [0.15, 0.2) is 0 Å². The maximum atomic E-state index is 12.1. The summed E-state index contributed by atoms with van der Waals surface area (Å²) >= 11 is 0. The zero-order valence-corrected chi connectivity index (χ0v) is 12.1. The Labute approximate surface area is 118 Å². The number of amides is 1. The van der Waals surface area contributed by atoms with Gasteiger partial charge in [0, 0.05) is 24.9 Å². The predicted octanol–water partition coefficient (Wildman–Crippen LogP) is 1.53. The number of carboxylic acid groups (broad SMARTS) is 1. The van der Waals surface area contributed by atoms with Gasteiger partial charge in [0.05, 0.1) is 5.92 Å². The Kier molecular flexibility index (Phi) is 3.75. The Morgan fingerprint density at radius 1 is 1.20 bits per heavy atom. The summed E-state index contributed by atoms with van der Waals surface area (Å²) < 4.78 is 5.31. The highest BCUT2D eigenvalue weighted by Crippen LogP contribution is 2.36. The van der Waals surface area contributed by atoms with E-state index in [1.165, 1.54) is 0 Å². The molecule has 20 heavy (non-hydrogen) atoms. The van der Waals surface area contributed by atoms with Crippen molar-refractivity contribution in [3.63, 3.8) is 0 Å². The van der Waals surface area contributed by atoms with E-state index in [-0.39, 0.29) is 30.7 Å². The number of rotatable bonds is 1. The standard InChI is InChI=1S/C14H21NO5/c1-14(2,3)20-13(19)15-6-9-4-8(12(17)18)5-10(7-15)11(9)16/h8-10H,4-7H2,1-3H3,(H,17,18)/t8?,9-,10+. The summed E-state index contributed by atoms with van der Waals surface area (Å²) in [6.07, 6.45) is 0.224. The minimum Gasteiger partial charge on any atom is -0.481 e. The number of fused-ring (bicyclic) bond motifs is 2. The molecule has 2 fully saturated rings. The number of carbonyl (C=O) groups is 3. The number of carbonyl (C=O) groups excluding carboxylic acids is 2. The van der Waals surface area contributed by atoms with Gasteiger partial charge in [-0.05, 0) is 33.6 Å². The zero-order valence-electron chi connectivity index (χ0n) is 12.1. The first-order chi connectivity index (χ1) is 9.17. The van der Waals surface area contributed by atoms with Gasteiger partial charge < -0.3 is 14.7 Å². The van der Waals surface area contributed by atoms with Gasteiger partial charge in [0.2, 0.25) is 0 Å². The number of aliphatic carboxylic acids is 1. The van der Waals surface area contributed by atoms with Crippen LogP contribution in [0.5, 0.6) is 0 Å². The Bertz CT molecular complexity index is 421. The van der Waals surface area contributed by atoms with Crippen LogP contribution in [0.2, 0.25) is 0 Å². The SMILES string of the molecule is CC(C)(C)OC(=O)N1C[C@H]2CC(C(=O)O)C[C@@H](C1)C2=O. The van der Waals surface area contributed by atoms with E-state index in [2.05, 4.69) is 0 Å². The number of ether oxygens (including phenoxy) is 1. The molecule has 1 N–H and O–H groups in total. The molecule has 0 spiro atoms. The van der Waals surface area contributed by atoms with Crippen LogP contribution in [0.3, 0.4) is 0 Å². The molecule has 3 atom stereocenters. The Balaban J connectivity index is 2.05. The molecular formula is C14H21NO5.